The van der Waals surface area contributed by atoms with Crippen LogP contribution >= 0.6 is 21.6 Å². The zero-order valence-electron chi connectivity index (χ0n) is 15.7. The largest absolute Gasteiger partial charge is 0.300 e. The molecule has 5 aliphatic rings. The van der Waals surface area contributed by atoms with E-state index in [1.54, 1.807) is 0 Å². The number of hydrogen-bond donors (Lipinski definition) is 0. The molecule has 0 amide bonds. The van der Waals surface area contributed by atoms with Gasteiger partial charge in [-0.1, -0.05) is 35.4 Å². The van der Waals surface area contributed by atoms with Gasteiger partial charge in [-0.3, -0.25) is 9.59 Å². The van der Waals surface area contributed by atoms with Crippen molar-refractivity contribution in [3.05, 3.63) is 0 Å². The molecule has 4 saturated carbocycles. The molecule has 0 N–H and O–H groups in total. The quantitative estimate of drug-likeness (QED) is 0.580. The van der Waals surface area contributed by atoms with E-state index in [0.29, 0.717) is 28.1 Å². The van der Waals surface area contributed by atoms with Crippen molar-refractivity contribution in [1.29, 1.82) is 0 Å². The number of rotatable bonds is 1. The second-order valence-corrected chi connectivity index (χ2v) is 12.9. The van der Waals surface area contributed by atoms with Crippen LogP contribution in [-0.4, -0.2) is 21.6 Å². The maximum absolute atomic E-state index is 12.4. The highest BCUT2D eigenvalue weighted by Crippen LogP contribution is 2.77. The molecule has 2 nitrogen and oxygen atoms in total. The molecule has 25 heavy (non-hydrogen) atoms. The molecule has 0 aromatic rings. The highest BCUT2D eigenvalue weighted by molar-refractivity contribution is 8.78. The van der Waals surface area contributed by atoms with Gasteiger partial charge in [-0.05, 0) is 74.0 Å². The zero-order chi connectivity index (χ0) is 17.6. The van der Waals surface area contributed by atoms with Gasteiger partial charge in [0.25, 0.3) is 0 Å². The fraction of sp³-hybridized carbons (Fsp3) is 0.905. The predicted octanol–water partition coefficient (Wildman–Crippen LogP) is 5.30. The van der Waals surface area contributed by atoms with Crippen LogP contribution in [0.5, 0.6) is 0 Å². The summed E-state index contributed by atoms with van der Waals surface area (Å²) >= 11 is 0. The smallest absolute Gasteiger partial charge is 0.135 e. The molecule has 5 rings (SSSR count). The van der Waals surface area contributed by atoms with Crippen molar-refractivity contribution in [1.82, 2.24) is 0 Å². The van der Waals surface area contributed by atoms with Crippen molar-refractivity contribution in [2.45, 2.75) is 82.1 Å². The molecule has 1 aliphatic heterocycles. The lowest BCUT2D eigenvalue weighted by molar-refractivity contribution is -0.137. The van der Waals surface area contributed by atoms with Crippen LogP contribution in [0.25, 0.3) is 0 Å². The van der Waals surface area contributed by atoms with Crippen LogP contribution in [0.3, 0.4) is 0 Å². The number of carbonyl (C=O) groups excluding carboxylic acids is 2. The maximum Gasteiger partial charge on any atom is 0.135 e. The Balaban J connectivity index is 1.52. The molecule has 0 unspecified atom stereocenters. The minimum atomic E-state index is 0.213. The minimum Gasteiger partial charge on any atom is -0.300 e. The Bertz CT molecular complexity index is 648. The lowest BCUT2D eigenvalue weighted by atomic mass is 9.44. The number of carbonyl (C=O) groups is 2. The molecule has 2 bridgehead atoms. The van der Waals surface area contributed by atoms with Gasteiger partial charge < -0.3 is 0 Å². The summed E-state index contributed by atoms with van der Waals surface area (Å²) in [5, 5.41) is 0.529. The van der Waals surface area contributed by atoms with Crippen LogP contribution in [0.4, 0.5) is 0 Å². The average Bonchev–Trinajstić information content (AvgIpc) is 2.96. The van der Waals surface area contributed by atoms with Gasteiger partial charge in [0.1, 0.15) is 11.6 Å². The Labute approximate surface area is 159 Å². The van der Waals surface area contributed by atoms with Crippen molar-refractivity contribution in [3.8, 4) is 0 Å². The van der Waals surface area contributed by atoms with E-state index in [-0.39, 0.29) is 10.2 Å². The molecule has 0 aromatic carbocycles. The molecular weight excluding hydrogens is 348 g/mol. The van der Waals surface area contributed by atoms with Crippen LogP contribution in [0, 0.1) is 34.5 Å². The fourth-order valence-corrected chi connectivity index (χ4v) is 13.0. The number of hydrogen-bond acceptors (Lipinski definition) is 4. The summed E-state index contributed by atoms with van der Waals surface area (Å²) in [5.41, 5.74) is 0.576. The standard InChI is InChI=1S/C21H30O2S2/c1-12(22)15-4-5-16-14-6-9-21-11-13(23)10-18(24-25-21)20(21,3)17(14)7-8-19(15,16)2/h14-18H,4-11H2,1-3H3/t14-,15+,16-,17-,18+,19+,20-,21+/m0/s1. The van der Waals surface area contributed by atoms with E-state index in [1.807, 2.05) is 17.7 Å². The average molecular weight is 379 g/mol. The van der Waals surface area contributed by atoms with E-state index in [0.717, 1.165) is 37.0 Å². The first-order valence-electron chi connectivity index (χ1n) is 10.2. The lowest BCUT2D eigenvalue weighted by Gasteiger charge is -2.63. The highest BCUT2D eigenvalue weighted by atomic mass is 33.1. The molecule has 0 aromatic heterocycles. The third-order valence-electron chi connectivity index (χ3n) is 9.45. The van der Waals surface area contributed by atoms with E-state index >= 15 is 0 Å². The summed E-state index contributed by atoms with van der Waals surface area (Å²) in [6, 6.07) is 0. The van der Waals surface area contributed by atoms with Crippen molar-refractivity contribution < 1.29 is 9.59 Å². The highest BCUT2D eigenvalue weighted by Gasteiger charge is 2.70. The molecule has 0 radical (unpaired) electrons. The molecule has 5 fully saturated rings. The Morgan fingerprint density at radius 2 is 1.88 bits per heavy atom. The first-order chi connectivity index (χ1) is 11.8. The third-order valence-corrected chi connectivity index (χ3v) is 13.5. The second kappa shape index (κ2) is 5.31. The Kier molecular flexibility index (Phi) is 3.64. The normalized spacial score (nSPS) is 56.9. The van der Waals surface area contributed by atoms with E-state index in [2.05, 4.69) is 24.6 Å². The van der Waals surface area contributed by atoms with Gasteiger partial charge in [0.05, 0.1) is 0 Å². The minimum absolute atomic E-state index is 0.213. The van der Waals surface area contributed by atoms with E-state index in [1.165, 1.54) is 32.1 Å². The van der Waals surface area contributed by atoms with Gasteiger partial charge >= 0.3 is 0 Å². The van der Waals surface area contributed by atoms with Gasteiger partial charge in [-0.15, -0.1) is 0 Å². The molecule has 1 saturated heterocycles. The summed E-state index contributed by atoms with van der Waals surface area (Å²) < 4.78 is 0.213. The van der Waals surface area contributed by atoms with Crippen LogP contribution in [-0.2, 0) is 9.59 Å². The van der Waals surface area contributed by atoms with Gasteiger partial charge in [-0.2, -0.15) is 0 Å². The Hall–Kier alpha value is 0.0400. The maximum atomic E-state index is 12.4. The molecule has 8 atom stereocenters. The number of fused-ring (bicyclic) bond motifs is 3. The van der Waals surface area contributed by atoms with Gasteiger partial charge in [0.2, 0.25) is 0 Å². The summed E-state index contributed by atoms with van der Waals surface area (Å²) in [6.07, 6.45) is 9.02. The van der Waals surface area contributed by atoms with Crippen molar-refractivity contribution >= 4 is 33.2 Å². The fourth-order valence-electron chi connectivity index (χ4n) is 8.17. The second-order valence-electron chi connectivity index (χ2n) is 10.1. The first kappa shape index (κ1) is 17.2. The van der Waals surface area contributed by atoms with Crippen LogP contribution < -0.4 is 0 Å². The summed E-state index contributed by atoms with van der Waals surface area (Å²) in [6.45, 7) is 6.80. The van der Waals surface area contributed by atoms with Gasteiger partial charge in [0, 0.05) is 28.8 Å². The van der Waals surface area contributed by atoms with E-state index < -0.39 is 0 Å². The van der Waals surface area contributed by atoms with Gasteiger partial charge in [0.15, 0.2) is 0 Å². The predicted molar refractivity (Wildman–Crippen MR) is 104 cm³/mol. The Morgan fingerprint density at radius 1 is 1.08 bits per heavy atom. The SMILES string of the molecule is CC(=O)[C@H]1CC[C@H]2[C@@H]3CC[C@]45CC(=O)C[C@@H](SS4)[C@]5(C)[C@H]3CC[C@]12C. The molecular formula is C21H30O2S2. The van der Waals surface area contributed by atoms with Crippen molar-refractivity contribution in [2.75, 3.05) is 0 Å². The summed E-state index contributed by atoms with van der Waals surface area (Å²) in [5.74, 6) is 3.53. The summed E-state index contributed by atoms with van der Waals surface area (Å²) in [4.78, 5) is 24.6. The van der Waals surface area contributed by atoms with Gasteiger partial charge in [-0.25, -0.2) is 0 Å². The molecule has 1 heterocycles. The Morgan fingerprint density at radius 3 is 2.64 bits per heavy atom. The monoisotopic (exact) mass is 378 g/mol. The molecule has 4 aliphatic carbocycles. The molecule has 138 valence electrons. The van der Waals surface area contributed by atoms with E-state index in [4.69, 9.17) is 0 Å². The zero-order valence-corrected chi connectivity index (χ0v) is 17.3. The summed E-state index contributed by atoms with van der Waals surface area (Å²) in [7, 11) is 4.11. The lowest BCUT2D eigenvalue weighted by Crippen LogP contribution is -2.62. The number of ketones is 2. The molecule has 0 spiro atoms. The van der Waals surface area contributed by atoms with Crippen molar-refractivity contribution in [2.24, 2.45) is 34.5 Å². The topological polar surface area (TPSA) is 34.1 Å². The molecule has 4 heteroatoms. The van der Waals surface area contributed by atoms with Crippen LogP contribution in [0.15, 0.2) is 0 Å². The van der Waals surface area contributed by atoms with Crippen molar-refractivity contribution in [3.63, 3.8) is 0 Å². The first-order valence-corrected chi connectivity index (χ1v) is 12.4. The van der Waals surface area contributed by atoms with Crippen LogP contribution in [0.2, 0.25) is 0 Å². The van der Waals surface area contributed by atoms with Crippen LogP contribution in [0.1, 0.15) is 72.1 Å². The number of Topliss-reactive ketones (excluding diaryl/α,β-unsaturated/α-hetero) is 2. The van der Waals surface area contributed by atoms with E-state index in [9.17, 15) is 9.59 Å². The third kappa shape index (κ3) is 1.97.